The zero-order chi connectivity index (χ0) is 15.6. The number of amides is 1. The number of nitrogens with two attached hydrogens (primary N) is 1. The molecule has 0 spiro atoms. The number of rotatable bonds is 3. The third kappa shape index (κ3) is 4.03. The van der Waals surface area contributed by atoms with Crippen molar-refractivity contribution < 1.29 is 4.79 Å². The molecule has 0 saturated carbocycles. The highest BCUT2D eigenvalue weighted by atomic mass is 79.9. The van der Waals surface area contributed by atoms with Gasteiger partial charge in [0.2, 0.25) is 0 Å². The summed E-state index contributed by atoms with van der Waals surface area (Å²) in [4.78, 5) is 12.5. The molecule has 0 aliphatic heterocycles. The molecule has 108 valence electrons. The first-order valence-corrected chi connectivity index (χ1v) is 8.11. The number of hydrogen-bond donors (Lipinski definition) is 2. The van der Waals surface area contributed by atoms with Crippen LogP contribution in [-0.2, 0) is 0 Å². The van der Waals surface area contributed by atoms with Gasteiger partial charge in [0.1, 0.15) is 4.99 Å². The Bertz CT molecular complexity index is 737. The SMILES string of the molecule is NC(=S)c1ccc(NC(=O)c2ccc(Br)cc2Cl)c(Br)c1. The molecule has 0 radical (unpaired) electrons. The van der Waals surface area contributed by atoms with E-state index < -0.39 is 0 Å². The molecule has 0 heterocycles. The van der Waals surface area contributed by atoms with Gasteiger partial charge in [-0.2, -0.15) is 0 Å². The smallest absolute Gasteiger partial charge is 0.257 e. The second-order valence-corrected chi connectivity index (χ2v) is 6.75. The molecule has 7 heteroatoms. The highest BCUT2D eigenvalue weighted by Gasteiger charge is 2.12. The van der Waals surface area contributed by atoms with Crippen molar-refractivity contribution in [2.24, 2.45) is 5.73 Å². The number of carbonyl (C=O) groups is 1. The highest BCUT2D eigenvalue weighted by Crippen LogP contribution is 2.26. The van der Waals surface area contributed by atoms with E-state index in [2.05, 4.69) is 37.2 Å². The Labute approximate surface area is 149 Å². The summed E-state index contributed by atoms with van der Waals surface area (Å²) < 4.78 is 1.50. The van der Waals surface area contributed by atoms with Crippen LogP contribution in [0, 0.1) is 0 Å². The predicted octanol–water partition coefficient (Wildman–Crippen LogP) is 4.75. The Morgan fingerprint density at radius 1 is 1.19 bits per heavy atom. The van der Waals surface area contributed by atoms with Gasteiger partial charge in [0.25, 0.3) is 5.91 Å². The summed E-state index contributed by atoms with van der Waals surface area (Å²) in [5, 5.41) is 3.16. The largest absolute Gasteiger partial charge is 0.389 e. The quantitative estimate of drug-likeness (QED) is 0.666. The van der Waals surface area contributed by atoms with Crippen LogP contribution in [0.3, 0.4) is 0 Å². The molecular weight excluding hydrogens is 439 g/mol. The summed E-state index contributed by atoms with van der Waals surface area (Å²) in [7, 11) is 0. The Balaban J connectivity index is 2.25. The van der Waals surface area contributed by atoms with Crippen LogP contribution in [0.4, 0.5) is 5.69 Å². The Morgan fingerprint density at radius 2 is 1.90 bits per heavy atom. The molecule has 0 aliphatic carbocycles. The van der Waals surface area contributed by atoms with Crippen molar-refractivity contribution in [3.63, 3.8) is 0 Å². The maximum atomic E-state index is 12.2. The molecule has 21 heavy (non-hydrogen) atoms. The number of carbonyl (C=O) groups excluding carboxylic acids is 1. The van der Waals surface area contributed by atoms with Crippen LogP contribution in [-0.4, -0.2) is 10.9 Å². The lowest BCUT2D eigenvalue weighted by Crippen LogP contribution is -2.14. The van der Waals surface area contributed by atoms with Crippen molar-refractivity contribution >= 4 is 72.3 Å². The van der Waals surface area contributed by atoms with E-state index in [1.54, 1.807) is 36.4 Å². The zero-order valence-electron chi connectivity index (χ0n) is 10.5. The molecule has 0 unspecified atom stereocenters. The highest BCUT2D eigenvalue weighted by molar-refractivity contribution is 9.10. The molecule has 0 bridgehead atoms. The molecule has 0 fully saturated rings. The zero-order valence-corrected chi connectivity index (χ0v) is 15.2. The number of hydrogen-bond acceptors (Lipinski definition) is 2. The molecule has 3 nitrogen and oxygen atoms in total. The van der Waals surface area contributed by atoms with Crippen molar-refractivity contribution in [1.82, 2.24) is 0 Å². The first-order chi connectivity index (χ1) is 9.88. The van der Waals surface area contributed by atoms with Crippen molar-refractivity contribution in [3.8, 4) is 0 Å². The lowest BCUT2D eigenvalue weighted by atomic mass is 10.2. The van der Waals surface area contributed by atoms with Crippen molar-refractivity contribution in [2.75, 3.05) is 5.32 Å². The lowest BCUT2D eigenvalue weighted by Gasteiger charge is -2.10. The van der Waals surface area contributed by atoms with Gasteiger partial charge in [-0.3, -0.25) is 4.79 Å². The van der Waals surface area contributed by atoms with Crippen LogP contribution in [0.2, 0.25) is 5.02 Å². The van der Waals surface area contributed by atoms with Gasteiger partial charge < -0.3 is 11.1 Å². The van der Waals surface area contributed by atoms with Gasteiger partial charge in [-0.15, -0.1) is 0 Å². The molecule has 0 aromatic heterocycles. The summed E-state index contributed by atoms with van der Waals surface area (Å²) in [6.45, 7) is 0. The van der Waals surface area contributed by atoms with Gasteiger partial charge in [0.05, 0.1) is 16.3 Å². The van der Waals surface area contributed by atoms with Gasteiger partial charge in [0.15, 0.2) is 0 Å². The molecule has 0 atom stereocenters. The van der Waals surface area contributed by atoms with E-state index in [9.17, 15) is 4.79 Å². The van der Waals surface area contributed by atoms with Crippen LogP contribution in [0.5, 0.6) is 0 Å². The molecular formula is C14H9Br2ClN2OS. The van der Waals surface area contributed by atoms with Crippen LogP contribution >= 0.6 is 55.7 Å². The number of benzene rings is 2. The maximum absolute atomic E-state index is 12.2. The third-order valence-corrected chi connectivity index (χ3v) is 4.38. The molecule has 2 aromatic carbocycles. The van der Waals surface area contributed by atoms with Crippen molar-refractivity contribution in [3.05, 3.63) is 61.5 Å². The number of halogens is 3. The molecule has 1 amide bonds. The summed E-state index contributed by atoms with van der Waals surface area (Å²) in [5.74, 6) is -0.295. The van der Waals surface area contributed by atoms with Gasteiger partial charge in [-0.05, 0) is 52.3 Å². The van der Waals surface area contributed by atoms with E-state index in [1.807, 2.05) is 0 Å². The van der Waals surface area contributed by atoms with Gasteiger partial charge in [0, 0.05) is 14.5 Å². The summed E-state index contributed by atoms with van der Waals surface area (Å²) in [5.41, 5.74) is 7.28. The lowest BCUT2D eigenvalue weighted by molar-refractivity contribution is 0.102. The molecule has 0 saturated heterocycles. The van der Waals surface area contributed by atoms with Crippen LogP contribution in [0.15, 0.2) is 45.3 Å². The van der Waals surface area contributed by atoms with Gasteiger partial charge >= 0.3 is 0 Å². The fraction of sp³-hybridized carbons (Fsp3) is 0. The summed E-state index contributed by atoms with van der Waals surface area (Å²) in [6, 6.07) is 10.3. The van der Waals surface area contributed by atoms with E-state index in [4.69, 9.17) is 29.6 Å². The summed E-state index contributed by atoms with van der Waals surface area (Å²) >= 11 is 17.6. The van der Waals surface area contributed by atoms with Crippen molar-refractivity contribution in [2.45, 2.75) is 0 Å². The summed E-state index contributed by atoms with van der Waals surface area (Å²) in [6.07, 6.45) is 0. The van der Waals surface area contributed by atoms with Gasteiger partial charge in [-0.25, -0.2) is 0 Å². The minimum absolute atomic E-state index is 0.295. The normalized spacial score (nSPS) is 10.2. The number of anilines is 1. The van der Waals surface area contributed by atoms with E-state index in [1.165, 1.54) is 0 Å². The van der Waals surface area contributed by atoms with Crippen molar-refractivity contribution in [1.29, 1.82) is 0 Å². The van der Waals surface area contributed by atoms with Crippen LogP contribution < -0.4 is 11.1 Å². The topological polar surface area (TPSA) is 55.1 Å². The average molecular weight is 449 g/mol. The van der Waals surface area contributed by atoms with E-state index in [0.29, 0.717) is 25.7 Å². The first-order valence-electron chi connectivity index (χ1n) is 5.74. The van der Waals surface area contributed by atoms with E-state index in [-0.39, 0.29) is 5.91 Å². The average Bonchev–Trinajstić information content (AvgIpc) is 2.40. The maximum Gasteiger partial charge on any atom is 0.257 e. The fourth-order valence-corrected chi connectivity index (χ4v) is 3.00. The minimum atomic E-state index is -0.295. The second kappa shape index (κ2) is 6.87. The predicted molar refractivity (Wildman–Crippen MR) is 97.1 cm³/mol. The van der Waals surface area contributed by atoms with Crippen LogP contribution in [0.1, 0.15) is 15.9 Å². The monoisotopic (exact) mass is 446 g/mol. The Morgan fingerprint density at radius 3 is 2.48 bits per heavy atom. The number of thiocarbonyl (C=S) groups is 1. The van der Waals surface area contributed by atoms with E-state index in [0.717, 1.165) is 10.0 Å². The Hall–Kier alpha value is -0.950. The van der Waals surface area contributed by atoms with Gasteiger partial charge in [-0.1, -0.05) is 39.7 Å². The first kappa shape index (κ1) is 16.4. The second-order valence-electron chi connectivity index (χ2n) is 4.14. The standard InChI is InChI=1S/C14H9Br2ClN2OS/c15-8-2-3-9(11(17)6-8)14(20)19-12-4-1-7(13(18)21)5-10(12)16/h1-6H,(H2,18,21)(H,19,20). The minimum Gasteiger partial charge on any atom is -0.389 e. The molecule has 3 N–H and O–H groups in total. The van der Waals surface area contributed by atoms with E-state index >= 15 is 0 Å². The fourth-order valence-electron chi connectivity index (χ4n) is 1.63. The molecule has 0 aliphatic rings. The molecule has 2 rings (SSSR count). The number of nitrogens with one attached hydrogen (secondary N) is 1. The Kier molecular flexibility index (Phi) is 5.37. The third-order valence-electron chi connectivity index (χ3n) is 2.68. The molecule has 2 aromatic rings. The van der Waals surface area contributed by atoms with Crippen LogP contribution in [0.25, 0.3) is 0 Å².